The summed E-state index contributed by atoms with van der Waals surface area (Å²) in [5.41, 5.74) is 1.29. The molecule has 14 heavy (non-hydrogen) atoms. The molecule has 3 heteroatoms. The average molecular weight is 198 g/mol. The number of ether oxygens (including phenoxy) is 1. The molecule has 0 radical (unpaired) electrons. The molecule has 0 rings (SSSR count). The first kappa shape index (κ1) is 12.9. The maximum Gasteiger partial charge on any atom is 0.372 e. The zero-order valence-electron chi connectivity index (χ0n) is 9.54. The minimum Gasteiger partial charge on any atom is -0.461 e. The topological polar surface area (TPSA) is 29.3 Å². The van der Waals surface area contributed by atoms with Gasteiger partial charge in [0.2, 0.25) is 6.54 Å². The lowest BCUT2D eigenvalue weighted by Crippen LogP contribution is -2.20. The van der Waals surface area contributed by atoms with Crippen LogP contribution >= 0.6 is 0 Å². The molecule has 0 fully saturated rings. The van der Waals surface area contributed by atoms with Crippen molar-refractivity contribution >= 4 is 12.2 Å². The molecule has 0 saturated heterocycles. The number of rotatable bonds is 5. The third-order valence-electron chi connectivity index (χ3n) is 1.86. The number of allylic oxidation sites excluding steroid dienone is 2. The summed E-state index contributed by atoms with van der Waals surface area (Å²) in [6, 6.07) is 0. The predicted octanol–water partition coefficient (Wildman–Crippen LogP) is 1.62. The second kappa shape index (κ2) is 7.30. The lowest BCUT2D eigenvalue weighted by Gasteiger charge is -1.97. The molecule has 0 aromatic rings. The van der Waals surface area contributed by atoms with Crippen LogP contribution in [-0.2, 0) is 9.53 Å². The molecule has 0 aliphatic heterocycles. The number of carbonyl (C=O) groups is 1. The summed E-state index contributed by atoms with van der Waals surface area (Å²) < 4.78 is 6.64. The summed E-state index contributed by atoms with van der Waals surface area (Å²) in [5, 5.41) is 0. The molecular formula is C11H20NO2+. The van der Waals surface area contributed by atoms with Gasteiger partial charge in [-0.2, -0.15) is 0 Å². The highest BCUT2D eigenvalue weighted by atomic mass is 16.5. The van der Waals surface area contributed by atoms with Crippen molar-refractivity contribution in [3.05, 3.63) is 11.6 Å². The first-order chi connectivity index (χ1) is 6.60. The Kier molecular flexibility index (Phi) is 6.72. The summed E-state index contributed by atoms with van der Waals surface area (Å²) in [6.07, 6.45) is 4.94. The van der Waals surface area contributed by atoms with Gasteiger partial charge in [0.15, 0.2) is 6.21 Å². The van der Waals surface area contributed by atoms with Gasteiger partial charge in [0.25, 0.3) is 0 Å². The van der Waals surface area contributed by atoms with E-state index in [1.54, 1.807) is 0 Å². The van der Waals surface area contributed by atoms with Crippen molar-refractivity contribution < 1.29 is 14.1 Å². The zero-order valence-corrected chi connectivity index (χ0v) is 9.54. The van der Waals surface area contributed by atoms with Crippen LogP contribution in [0.4, 0.5) is 0 Å². The van der Waals surface area contributed by atoms with E-state index in [1.165, 1.54) is 5.57 Å². The molecule has 0 atom stereocenters. The first-order valence-corrected chi connectivity index (χ1v) is 4.96. The third-order valence-corrected chi connectivity index (χ3v) is 1.86. The fourth-order valence-corrected chi connectivity index (χ4v) is 0.835. The number of hydrogen-bond acceptors (Lipinski definition) is 2. The van der Waals surface area contributed by atoms with Crippen LogP contribution in [0.2, 0.25) is 0 Å². The Hall–Kier alpha value is -1.12. The van der Waals surface area contributed by atoms with Crippen LogP contribution in [-0.4, -0.2) is 37.0 Å². The minimum atomic E-state index is -0.186. The molecule has 0 aliphatic carbocycles. The molecule has 0 aromatic heterocycles. The van der Waals surface area contributed by atoms with Crippen LogP contribution < -0.4 is 0 Å². The van der Waals surface area contributed by atoms with E-state index >= 15 is 0 Å². The maximum absolute atomic E-state index is 11.1. The van der Waals surface area contributed by atoms with Crippen LogP contribution in [0, 0.1) is 0 Å². The van der Waals surface area contributed by atoms with Crippen molar-refractivity contribution in [2.24, 2.45) is 0 Å². The highest BCUT2D eigenvalue weighted by molar-refractivity contribution is 5.72. The third kappa shape index (κ3) is 6.40. The van der Waals surface area contributed by atoms with E-state index in [-0.39, 0.29) is 5.97 Å². The smallest absolute Gasteiger partial charge is 0.372 e. The molecule has 0 heterocycles. The molecule has 3 nitrogen and oxygen atoms in total. The summed E-state index contributed by atoms with van der Waals surface area (Å²) in [6.45, 7) is 6.72. The number of hydrogen-bond donors (Lipinski definition) is 0. The Labute approximate surface area is 86.1 Å². The molecule has 80 valence electrons. The Morgan fingerprint density at radius 1 is 1.43 bits per heavy atom. The van der Waals surface area contributed by atoms with Gasteiger partial charge < -0.3 is 4.74 Å². The van der Waals surface area contributed by atoms with Gasteiger partial charge in [0.05, 0.1) is 6.61 Å². The molecule has 0 N–H and O–H groups in total. The molecule has 0 saturated carbocycles. The summed E-state index contributed by atoms with van der Waals surface area (Å²) in [7, 11) is 1.86. The number of carbonyl (C=O) groups excluding carboxylic acids is 1. The van der Waals surface area contributed by atoms with E-state index in [0.717, 1.165) is 6.42 Å². The summed E-state index contributed by atoms with van der Waals surface area (Å²) in [4.78, 5) is 11.1. The van der Waals surface area contributed by atoms with Gasteiger partial charge in [0.1, 0.15) is 7.05 Å². The van der Waals surface area contributed by atoms with Crippen molar-refractivity contribution in [3.8, 4) is 0 Å². The molecule has 0 aliphatic rings. The van der Waals surface area contributed by atoms with E-state index in [9.17, 15) is 4.79 Å². The average Bonchev–Trinajstić information content (AvgIpc) is 2.14. The van der Waals surface area contributed by atoms with E-state index in [0.29, 0.717) is 13.2 Å². The van der Waals surface area contributed by atoms with Gasteiger partial charge >= 0.3 is 5.97 Å². The van der Waals surface area contributed by atoms with Gasteiger partial charge in [-0.25, -0.2) is 9.37 Å². The van der Waals surface area contributed by atoms with Gasteiger partial charge in [-0.05, 0) is 20.3 Å². The van der Waals surface area contributed by atoms with E-state index in [4.69, 9.17) is 4.74 Å². The van der Waals surface area contributed by atoms with Crippen molar-refractivity contribution in [1.29, 1.82) is 0 Å². The monoisotopic (exact) mass is 198 g/mol. The predicted molar refractivity (Wildman–Crippen MR) is 57.8 cm³/mol. The largest absolute Gasteiger partial charge is 0.461 e. The number of likely N-dealkylation sites (N-methyl/N-ethyl adjacent to an activating group) is 1. The molecule has 0 bridgehead atoms. The standard InChI is InChI=1S/C11H20NO2/c1-5-10(3)7-8-12(4)9-11(13)14-6-2/h7-8H,5-6,9H2,1-4H3/q+1/b10-7+,12-8+. The second-order valence-electron chi connectivity index (χ2n) is 3.24. The lowest BCUT2D eigenvalue weighted by atomic mass is 10.2. The van der Waals surface area contributed by atoms with Crippen molar-refractivity contribution in [2.75, 3.05) is 20.2 Å². The summed E-state index contributed by atoms with van der Waals surface area (Å²) >= 11 is 0. The lowest BCUT2D eigenvalue weighted by molar-refractivity contribution is -0.482. The second-order valence-corrected chi connectivity index (χ2v) is 3.24. The fourth-order valence-electron chi connectivity index (χ4n) is 0.835. The Morgan fingerprint density at radius 3 is 2.57 bits per heavy atom. The highest BCUT2D eigenvalue weighted by Gasteiger charge is 2.06. The van der Waals surface area contributed by atoms with Crippen molar-refractivity contribution in [1.82, 2.24) is 0 Å². The quantitative estimate of drug-likeness (QED) is 0.381. The van der Waals surface area contributed by atoms with Crippen molar-refractivity contribution in [2.45, 2.75) is 27.2 Å². The summed E-state index contributed by atoms with van der Waals surface area (Å²) in [5.74, 6) is -0.186. The van der Waals surface area contributed by atoms with Crippen LogP contribution in [0.3, 0.4) is 0 Å². The normalized spacial score (nSPS) is 12.9. The molecule has 0 aromatic carbocycles. The van der Waals surface area contributed by atoms with Gasteiger partial charge in [0, 0.05) is 6.08 Å². The SMILES string of the molecule is CCOC(=O)C/[N+](C)=C/C=C(\C)CC. The van der Waals surface area contributed by atoms with E-state index in [2.05, 4.69) is 13.8 Å². The Morgan fingerprint density at radius 2 is 2.07 bits per heavy atom. The number of nitrogens with zero attached hydrogens (tertiary/aromatic N) is 1. The molecular weight excluding hydrogens is 178 g/mol. The Balaban J connectivity index is 4.07. The zero-order chi connectivity index (χ0) is 11.0. The van der Waals surface area contributed by atoms with Crippen molar-refractivity contribution in [3.63, 3.8) is 0 Å². The highest BCUT2D eigenvalue weighted by Crippen LogP contribution is 1.94. The Bertz CT molecular complexity index is 242. The van der Waals surface area contributed by atoms with Crippen LogP contribution in [0.5, 0.6) is 0 Å². The van der Waals surface area contributed by atoms with Gasteiger partial charge in [-0.1, -0.05) is 12.5 Å². The maximum atomic E-state index is 11.1. The van der Waals surface area contributed by atoms with Gasteiger partial charge in [-0.3, -0.25) is 0 Å². The number of esters is 1. The van der Waals surface area contributed by atoms with E-state index < -0.39 is 0 Å². The van der Waals surface area contributed by atoms with Crippen LogP contribution in [0.25, 0.3) is 0 Å². The minimum absolute atomic E-state index is 0.186. The van der Waals surface area contributed by atoms with Crippen LogP contribution in [0.15, 0.2) is 11.6 Å². The van der Waals surface area contributed by atoms with Gasteiger partial charge in [-0.15, -0.1) is 0 Å². The molecule has 0 spiro atoms. The molecule has 0 unspecified atom stereocenters. The first-order valence-electron chi connectivity index (χ1n) is 4.96. The fraction of sp³-hybridized carbons (Fsp3) is 0.636. The molecule has 0 amide bonds. The van der Waals surface area contributed by atoms with E-state index in [1.807, 2.05) is 30.8 Å². The van der Waals surface area contributed by atoms with Crippen LogP contribution in [0.1, 0.15) is 27.2 Å².